The second-order valence-electron chi connectivity index (χ2n) is 6.53. The van der Waals surface area contributed by atoms with Crippen molar-refractivity contribution >= 4 is 17.3 Å². The van der Waals surface area contributed by atoms with Gasteiger partial charge >= 0.3 is 0 Å². The molecule has 144 valence electrons. The standard InChI is InChI=1S/C23H24N2O3/c1-16-8-10-19(11-9-16)25-23(27)22(17-6-4-3-5-7-17)24-20-12-13-21(28-2)18(14-20)15-26/h3-14,22,24,26H,15H2,1-2H3,(H,25,27). The van der Waals surface area contributed by atoms with Gasteiger partial charge in [0.2, 0.25) is 0 Å². The molecule has 0 fully saturated rings. The molecule has 5 nitrogen and oxygen atoms in total. The zero-order valence-electron chi connectivity index (χ0n) is 16.0. The van der Waals surface area contributed by atoms with Crippen LogP contribution in [0, 0.1) is 6.92 Å². The average molecular weight is 376 g/mol. The number of methoxy groups -OCH3 is 1. The van der Waals surface area contributed by atoms with E-state index in [2.05, 4.69) is 10.6 Å². The third-order valence-electron chi connectivity index (χ3n) is 4.48. The number of anilines is 2. The molecule has 0 aliphatic carbocycles. The first-order chi connectivity index (χ1) is 13.6. The van der Waals surface area contributed by atoms with Crippen LogP contribution in [-0.2, 0) is 11.4 Å². The van der Waals surface area contributed by atoms with Gasteiger partial charge in [0.1, 0.15) is 11.8 Å². The van der Waals surface area contributed by atoms with Crippen LogP contribution >= 0.6 is 0 Å². The first kappa shape index (κ1) is 19.5. The molecule has 0 radical (unpaired) electrons. The first-order valence-electron chi connectivity index (χ1n) is 9.07. The Morgan fingerprint density at radius 2 is 1.68 bits per heavy atom. The van der Waals surface area contributed by atoms with Crippen molar-refractivity contribution in [2.45, 2.75) is 19.6 Å². The van der Waals surface area contributed by atoms with Crippen LogP contribution in [0.5, 0.6) is 5.75 Å². The second kappa shape index (κ2) is 9.06. The minimum Gasteiger partial charge on any atom is -0.496 e. The molecular formula is C23H24N2O3. The summed E-state index contributed by atoms with van der Waals surface area (Å²) >= 11 is 0. The van der Waals surface area contributed by atoms with Gasteiger partial charge in [-0.15, -0.1) is 0 Å². The van der Waals surface area contributed by atoms with E-state index in [1.54, 1.807) is 19.2 Å². The fourth-order valence-corrected chi connectivity index (χ4v) is 2.96. The molecule has 0 aliphatic heterocycles. The number of hydrogen-bond acceptors (Lipinski definition) is 4. The highest BCUT2D eigenvalue weighted by atomic mass is 16.5. The molecule has 0 saturated heterocycles. The van der Waals surface area contributed by atoms with Crippen molar-refractivity contribution in [1.82, 2.24) is 0 Å². The zero-order valence-corrected chi connectivity index (χ0v) is 16.0. The number of carbonyl (C=O) groups excluding carboxylic acids is 1. The minimum atomic E-state index is -0.595. The summed E-state index contributed by atoms with van der Waals surface area (Å²) in [6.07, 6.45) is 0. The monoisotopic (exact) mass is 376 g/mol. The van der Waals surface area contributed by atoms with E-state index in [1.807, 2.05) is 67.6 Å². The van der Waals surface area contributed by atoms with Gasteiger partial charge in [0, 0.05) is 16.9 Å². The summed E-state index contributed by atoms with van der Waals surface area (Å²) in [4.78, 5) is 13.0. The van der Waals surface area contributed by atoms with Crippen molar-refractivity contribution < 1.29 is 14.6 Å². The number of hydrogen-bond donors (Lipinski definition) is 3. The highest BCUT2D eigenvalue weighted by molar-refractivity contribution is 5.97. The Labute approximate surface area is 165 Å². The molecule has 3 rings (SSSR count). The predicted molar refractivity (Wildman–Crippen MR) is 112 cm³/mol. The maximum atomic E-state index is 13.0. The normalized spacial score (nSPS) is 11.5. The van der Waals surface area contributed by atoms with Crippen LogP contribution in [0.3, 0.4) is 0 Å². The molecule has 0 aromatic heterocycles. The average Bonchev–Trinajstić information content (AvgIpc) is 2.74. The molecular weight excluding hydrogens is 352 g/mol. The summed E-state index contributed by atoms with van der Waals surface area (Å²) in [5.74, 6) is 0.435. The van der Waals surface area contributed by atoms with Crippen LogP contribution in [-0.4, -0.2) is 18.1 Å². The van der Waals surface area contributed by atoms with E-state index < -0.39 is 6.04 Å². The number of amides is 1. The Morgan fingerprint density at radius 3 is 2.32 bits per heavy atom. The molecule has 0 spiro atoms. The fraction of sp³-hybridized carbons (Fsp3) is 0.174. The summed E-state index contributed by atoms with van der Waals surface area (Å²) < 4.78 is 5.25. The molecule has 28 heavy (non-hydrogen) atoms. The highest BCUT2D eigenvalue weighted by Crippen LogP contribution is 2.27. The minimum absolute atomic E-state index is 0.149. The number of benzene rings is 3. The fourth-order valence-electron chi connectivity index (χ4n) is 2.96. The topological polar surface area (TPSA) is 70.6 Å². The summed E-state index contributed by atoms with van der Waals surface area (Å²) in [7, 11) is 1.56. The Morgan fingerprint density at radius 1 is 1.00 bits per heavy atom. The smallest absolute Gasteiger partial charge is 0.251 e. The molecule has 0 heterocycles. The van der Waals surface area contributed by atoms with Crippen LogP contribution in [0.25, 0.3) is 0 Å². The largest absolute Gasteiger partial charge is 0.496 e. The number of ether oxygens (including phenoxy) is 1. The molecule has 3 N–H and O–H groups in total. The van der Waals surface area contributed by atoms with Crippen LogP contribution in [0.1, 0.15) is 22.7 Å². The van der Waals surface area contributed by atoms with Gasteiger partial charge in [-0.2, -0.15) is 0 Å². The van der Waals surface area contributed by atoms with Crippen LogP contribution in [0.15, 0.2) is 72.8 Å². The molecule has 1 atom stereocenters. The maximum absolute atomic E-state index is 13.0. The van der Waals surface area contributed by atoms with E-state index >= 15 is 0 Å². The number of aliphatic hydroxyl groups is 1. The molecule has 3 aromatic carbocycles. The Bertz CT molecular complexity index is 924. The van der Waals surface area contributed by atoms with Crippen molar-refractivity contribution in [1.29, 1.82) is 0 Å². The quantitative estimate of drug-likeness (QED) is 0.575. The lowest BCUT2D eigenvalue weighted by molar-refractivity contribution is -0.117. The Balaban J connectivity index is 1.87. The SMILES string of the molecule is COc1ccc(NC(C(=O)Nc2ccc(C)cc2)c2ccccc2)cc1CO. The maximum Gasteiger partial charge on any atom is 0.251 e. The lowest BCUT2D eigenvalue weighted by Gasteiger charge is -2.21. The van der Waals surface area contributed by atoms with Gasteiger partial charge in [-0.05, 0) is 42.8 Å². The second-order valence-corrected chi connectivity index (χ2v) is 6.53. The number of carbonyl (C=O) groups is 1. The number of nitrogens with one attached hydrogen (secondary N) is 2. The van der Waals surface area contributed by atoms with Gasteiger partial charge in [0.05, 0.1) is 13.7 Å². The van der Waals surface area contributed by atoms with E-state index in [9.17, 15) is 9.90 Å². The van der Waals surface area contributed by atoms with E-state index in [0.29, 0.717) is 11.3 Å². The molecule has 3 aromatic rings. The van der Waals surface area contributed by atoms with Crippen LogP contribution in [0.4, 0.5) is 11.4 Å². The van der Waals surface area contributed by atoms with Gasteiger partial charge in [-0.1, -0.05) is 48.0 Å². The van der Waals surface area contributed by atoms with Gasteiger partial charge in [0.15, 0.2) is 0 Å². The number of aryl methyl sites for hydroxylation is 1. The molecule has 1 amide bonds. The summed E-state index contributed by atoms with van der Waals surface area (Å²) in [5.41, 5.74) is 4.08. The van der Waals surface area contributed by atoms with Crippen molar-refractivity contribution in [3.63, 3.8) is 0 Å². The lowest BCUT2D eigenvalue weighted by atomic mass is 10.0. The predicted octanol–water partition coefficient (Wildman–Crippen LogP) is 4.29. The molecule has 0 aliphatic rings. The van der Waals surface area contributed by atoms with Crippen LogP contribution in [0.2, 0.25) is 0 Å². The summed E-state index contributed by atoms with van der Waals surface area (Å²) in [5, 5.41) is 15.8. The van der Waals surface area contributed by atoms with Crippen molar-refractivity contribution in [2.24, 2.45) is 0 Å². The van der Waals surface area contributed by atoms with Gasteiger partial charge in [-0.3, -0.25) is 4.79 Å². The lowest BCUT2D eigenvalue weighted by Crippen LogP contribution is -2.27. The Kier molecular flexibility index (Phi) is 6.29. The third kappa shape index (κ3) is 4.69. The van der Waals surface area contributed by atoms with E-state index in [4.69, 9.17) is 4.74 Å². The molecule has 1 unspecified atom stereocenters. The van der Waals surface area contributed by atoms with E-state index in [-0.39, 0.29) is 12.5 Å². The van der Waals surface area contributed by atoms with Crippen molar-refractivity contribution in [3.8, 4) is 5.75 Å². The Hall–Kier alpha value is -3.31. The van der Waals surface area contributed by atoms with Crippen LogP contribution < -0.4 is 15.4 Å². The van der Waals surface area contributed by atoms with Crippen molar-refractivity contribution in [3.05, 3.63) is 89.5 Å². The molecule has 0 bridgehead atoms. The van der Waals surface area contributed by atoms with Gasteiger partial charge in [0.25, 0.3) is 5.91 Å². The summed E-state index contributed by atoms with van der Waals surface area (Å²) in [6, 6.07) is 22.0. The third-order valence-corrected chi connectivity index (χ3v) is 4.48. The van der Waals surface area contributed by atoms with E-state index in [1.165, 1.54) is 0 Å². The first-order valence-corrected chi connectivity index (χ1v) is 9.07. The van der Waals surface area contributed by atoms with Gasteiger partial charge in [-0.25, -0.2) is 0 Å². The molecule has 0 saturated carbocycles. The van der Waals surface area contributed by atoms with E-state index in [0.717, 1.165) is 22.5 Å². The summed E-state index contributed by atoms with van der Waals surface area (Å²) in [6.45, 7) is 1.85. The number of rotatable bonds is 7. The zero-order chi connectivity index (χ0) is 19.9. The number of aliphatic hydroxyl groups excluding tert-OH is 1. The van der Waals surface area contributed by atoms with Crippen molar-refractivity contribution in [2.75, 3.05) is 17.7 Å². The van der Waals surface area contributed by atoms with Gasteiger partial charge < -0.3 is 20.5 Å². The molecule has 5 heteroatoms. The highest BCUT2D eigenvalue weighted by Gasteiger charge is 2.21.